The monoisotopic (exact) mass is 425 g/mol. The van der Waals surface area contributed by atoms with Gasteiger partial charge < -0.3 is 4.90 Å². The van der Waals surface area contributed by atoms with E-state index < -0.39 is 5.92 Å². The Balaban J connectivity index is 1.50. The van der Waals surface area contributed by atoms with E-state index in [1.165, 1.54) is 9.47 Å². The summed E-state index contributed by atoms with van der Waals surface area (Å²) in [7, 11) is 0. The Morgan fingerprint density at radius 1 is 1.17 bits per heavy atom. The summed E-state index contributed by atoms with van der Waals surface area (Å²) in [4.78, 5) is 43.7. The van der Waals surface area contributed by atoms with Crippen molar-refractivity contribution < 1.29 is 9.59 Å². The number of fused-ring (bicyclic) bond motifs is 1. The largest absolute Gasteiger partial charge is 0.310 e. The topological polar surface area (TPSA) is 96.3 Å². The van der Waals surface area contributed by atoms with Gasteiger partial charge in [0.25, 0.3) is 5.56 Å². The van der Waals surface area contributed by atoms with E-state index in [1.807, 2.05) is 6.92 Å². The molecule has 2 aromatic carbocycles. The molecular weight excluding hydrogens is 406 g/mol. The van der Waals surface area contributed by atoms with Crippen LogP contribution in [0.1, 0.15) is 13.3 Å². The van der Waals surface area contributed by atoms with Gasteiger partial charge in [0.2, 0.25) is 17.8 Å². The first-order valence-electron chi connectivity index (χ1n) is 9.60. The van der Waals surface area contributed by atoms with Gasteiger partial charge in [-0.1, -0.05) is 35.9 Å². The van der Waals surface area contributed by atoms with Crippen molar-refractivity contribution in [2.75, 3.05) is 16.9 Å². The molecule has 0 aliphatic carbocycles. The zero-order valence-corrected chi connectivity index (χ0v) is 17.0. The van der Waals surface area contributed by atoms with Crippen molar-refractivity contribution in [3.05, 3.63) is 63.9 Å². The highest BCUT2D eigenvalue weighted by Gasteiger charge is 2.36. The van der Waals surface area contributed by atoms with Gasteiger partial charge in [0.15, 0.2) is 0 Å². The van der Waals surface area contributed by atoms with Crippen molar-refractivity contribution in [1.29, 1.82) is 0 Å². The summed E-state index contributed by atoms with van der Waals surface area (Å²) < 4.78 is 1.44. The zero-order chi connectivity index (χ0) is 21.3. The molecule has 1 aliphatic heterocycles. The minimum absolute atomic E-state index is 0.0739. The number of nitrogens with one attached hydrogen (secondary N) is 2. The number of halogens is 1. The molecule has 1 fully saturated rings. The summed E-state index contributed by atoms with van der Waals surface area (Å²) in [6, 6.07) is 14.0. The molecule has 1 aromatic heterocycles. The second-order valence-corrected chi connectivity index (χ2v) is 7.38. The van der Waals surface area contributed by atoms with Crippen molar-refractivity contribution in [2.24, 2.45) is 5.92 Å². The van der Waals surface area contributed by atoms with E-state index in [9.17, 15) is 14.4 Å². The van der Waals surface area contributed by atoms with E-state index in [1.54, 1.807) is 48.5 Å². The van der Waals surface area contributed by atoms with Crippen LogP contribution in [0.2, 0.25) is 5.02 Å². The number of aromatic nitrogens is 2. The average molecular weight is 426 g/mol. The van der Waals surface area contributed by atoms with E-state index in [4.69, 9.17) is 11.6 Å². The number of benzene rings is 2. The summed E-state index contributed by atoms with van der Waals surface area (Å²) in [5.74, 6) is -0.842. The van der Waals surface area contributed by atoms with Gasteiger partial charge in [-0.15, -0.1) is 0 Å². The van der Waals surface area contributed by atoms with Crippen LogP contribution in [-0.4, -0.2) is 27.9 Å². The molecule has 2 heterocycles. The Kier molecular flexibility index (Phi) is 5.41. The molecule has 1 unspecified atom stereocenters. The SMILES string of the molecule is CCn1c(NNC(=O)C2CC(=O)N(c3ccccc3Cl)C2)nc2ccccc2c1=O. The normalized spacial score (nSPS) is 16.1. The van der Waals surface area contributed by atoms with Gasteiger partial charge in [0.1, 0.15) is 0 Å². The molecule has 2 amide bonds. The van der Waals surface area contributed by atoms with Crippen LogP contribution >= 0.6 is 11.6 Å². The number of carbonyl (C=O) groups excluding carboxylic acids is 2. The highest BCUT2D eigenvalue weighted by molar-refractivity contribution is 6.33. The number of rotatable bonds is 5. The van der Waals surface area contributed by atoms with Gasteiger partial charge in [0, 0.05) is 19.5 Å². The van der Waals surface area contributed by atoms with Crippen LogP contribution in [0, 0.1) is 5.92 Å². The van der Waals surface area contributed by atoms with Crippen molar-refractivity contribution in [3.63, 3.8) is 0 Å². The fraction of sp³-hybridized carbons (Fsp3) is 0.238. The van der Waals surface area contributed by atoms with E-state index in [0.29, 0.717) is 28.2 Å². The summed E-state index contributed by atoms with van der Waals surface area (Å²) in [6.45, 7) is 2.43. The number of nitrogens with zero attached hydrogens (tertiary/aromatic N) is 3. The molecule has 0 bridgehead atoms. The third kappa shape index (κ3) is 3.61. The maximum Gasteiger partial charge on any atom is 0.262 e. The van der Waals surface area contributed by atoms with Crippen molar-refractivity contribution >= 4 is 46.0 Å². The van der Waals surface area contributed by atoms with Crippen LogP contribution in [-0.2, 0) is 16.1 Å². The minimum Gasteiger partial charge on any atom is -0.310 e. The molecule has 9 heteroatoms. The Morgan fingerprint density at radius 2 is 1.90 bits per heavy atom. The Bertz CT molecular complexity index is 1190. The number of anilines is 2. The quantitative estimate of drug-likeness (QED) is 0.612. The summed E-state index contributed by atoms with van der Waals surface area (Å²) in [5, 5.41) is 0.963. The summed E-state index contributed by atoms with van der Waals surface area (Å²) >= 11 is 6.19. The molecule has 2 N–H and O–H groups in total. The first-order valence-corrected chi connectivity index (χ1v) is 9.97. The van der Waals surface area contributed by atoms with Crippen LogP contribution in [0.25, 0.3) is 10.9 Å². The first-order chi connectivity index (χ1) is 14.5. The summed E-state index contributed by atoms with van der Waals surface area (Å²) in [6.07, 6.45) is 0.0739. The third-order valence-electron chi connectivity index (χ3n) is 5.11. The molecule has 4 rings (SSSR count). The third-order valence-corrected chi connectivity index (χ3v) is 5.43. The molecular formula is C21H20ClN5O3. The van der Waals surface area contributed by atoms with Crippen LogP contribution in [0.15, 0.2) is 53.3 Å². The van der Waals surface area contributed by atoms with Crippen LogP contribution < -0.4 is 21.3 Å². The molecule has 0 radical (unpaired) electrons. The molecule has 1 saturated heterocycles. The van der Waals surface area contributed by atoms with Gasteiger partial charge in [0.05, 0.1) is 27.5 Å². The highest BCUT2D eigenvalue weighted by atomic mass is 35.5. The molecule has 0 spiro atoms. The fourth-order valence-corrected chi connectivity index (χ4v) is 3.80. The Labute approximate surface area is 177 Å². The molecule has 1 atom stereocenters. The van der Waals surface area contributed by atoms with E-state index in [2.05, 4.69) is 15.8 Å². The van der Waals surface area contributed by atoms with Crippen molar-refractivity contribution in [3.8, 4) is 0 Å². The lowest BCUT2D eigenvalue weighted by Gasteiger charge is -2.18. The van der Waals surface area contributed by atoms with Gasteiger partial charge >= 0.3 is 0 Å². The average Bonchev–Trinajstić information content (AvgIpc) is 3.14. The lowest BCUT2D eigenvalue weighted by molar-refractivity contribution is -0.125. The second-order valence-electron chi connectivity index (χ2n) is 6.97. The number of amides is 2. The number of hydrazine groups is 1. The number of para-hydroxylation sites is 2. The Morgan fingerprint density at radius 3 is 2.67 bits per heavy atom. The van der Waals surface area contributed by atoms with Crippen molar-refractivity contribution in [1.82, 2.24) is 15.0 Å². The summed E-state index contributed by atoms with van der Waals surface area (Å²) in [5.41, 5.74) is 6.27. The standard InChI is InChI=1S/C21H20ClN5O3/c1-2-26-20(30)14-7-3-5-9-16(14)23-21(26)25-24-19(29)13-11-18(28)27(12-13)17-10-6-4-8-15(17)22/h3-10,13H,2,11-12H2,1H3,(H,23,25)(H,24,29). The molecule has 0 saturated carbocycles. The maximum absolute atomic E-state index is 12.7. The number of carbonyl (C=O) groups is 2. The molecule has 30 heavy (non-hydrogen) atoms. The number of hydrogen-bond acceptors (Lipinski definition) is 5. The van der Waals surface area contributed by atoms with Gasteiger partial charge in [-0.05, 0) is 31.2 Å². The van der Waals surface area contributed by atoms with Crippen LogP contribution in [0.4, 0.5) is 11.6 Å². The second kappa shape index (κ2) is 8.16. The van der Waals surface area contributed by atoms with Crippen molar-refractivity contribution in [2.45, 2.75) is 19.9 Å². The smallest absolute Gasteiger partial charge is 0.262 e. The maximum atomic E-state index is 12.7. The van der Waals surface area contributed by atoms with E-state index >= 15 is 0 Å². The van der Waals surface area contributed by atoms with E-state index in [-0.39, 0.29) is 36.3 Å². The van der Waals surface area contributed by atoms with Crippen LogP contribution in [0.3, 0.4) is 0 Å². The molecule has 3 aromatic rings. The van der Waals surface area contributed by atoms with E-state index in [0.717, 1.165) is 0 Å². The zero-order valence-electron chi connectivity index (χ0n) is 16.3. The first kappa shape index (κ1) is 19.9. The molecule has 1 aliphatic rings. The van der Waals surface area contributed by atoms with Gasteiger partial charge in [-0.2, -0.15) is 0 Å². The lowest BCUT2D eigenvalue weighted by Crippen LogP contribution is -2.39. The van der Waals surface area contributed by atoms with Gasteiger partial charge in [-0.3, -0.25) is 29.8 Å². The minimum atomic E-state index is -0.552. The predicted molar refractivity (Wildman–Crippen MR) is 115 cm³/mol. The molecule has 154 valence electrons. The van der Waals surface area contributed by atoms with Crippen LogP contribution in [0.5, 0.6) is 0 Å². The molecule has 8 nitrogen and oxygen atoms in total. The predicted octanol–water partition coefficient (Wildman–Crippen LogP) is 2.57. The highest BCUT2D eigenvalue weighted by Crippen LogP contribution is 2.31. The lowest BCUT2D eigenvalue weighted by atomic mass is 10.1. The Hall–Kier alpha value is -3.39. The number of hydrogen-bond donors (Lipinski definition) is 2. The fourth-order valence-electron chi connectivity index (χ4n) is 3.56. The van der Waals surface area contributed by atoms with Gasteiger partial charge in [-0.25, -0.2) is 4.98 Å².